The molecule has 2 aliphatic rings. The molecule has 0 bridgehead atoms. The van der Waals surface area contributed by atoms with Crippen molar-refractivity contribution in [3.8, 4) is 0 Å². The highest BCUT2D eigenvalue weighted by Gasteiger charge is 2.34. The van der Waals surface area contributed by atoms with Gasteiger partial charge in [0, 0.05) is 23.2 Å². The van der Waals surface area contributed by atoms with Gasteiger partial charge in [0.2, 0.25) is 11.9 Å². The number of amides is 1. The van der Waals surface area contributed by atoms with Crippen LogP contribution in [0.15, 0.2) is 29.2 Å². The Labute approximate surface area is 176 Å². The fourth-order valence-corrected chi connectivity index (χ4v) is 4.82. The maximum absolute atomic E-state index is 12.7. The molecule has 1 amide bonds. The van der Waals surface area contributed by atoms with E-state index in [1.807, 2.05) is 25.8 Å². The SMILES string of the molecule is Cc1nc(N[C@H]2C[C@H](Sc3ccc(C(F)(F)F)cc3)C2)nc2c1NC(=O)[C@H](C)N2C. The molecule has 1 aromatic heterocycles. The summed E-state index contributed by atoms with van der Waals surface area (Å²) in [5, 5.41) is 6.53. The quantitative estimate of drug-likeness (QED) is 0.743. The molecule has 4 rings (SSSR count). The molecule has 1 saturated carbocycles. The van der Waals surface area contributed by atoms with Gasteiger partial charge in [-0.05, 0) is 51.0 Å². The first-order chi connectivity index (χ1) is 14.1. The molecule has 1 aliphatic heterocycles. The van der Waals surface area contributed by atoms with Gasteiger partial charge in [0.1, 0.15) is 11.7 Å². The largest absolute Gasteiger partial charge is 0.416 e. The fraction of sp³-hybridized carbons (Fsp3) is 0.450. The lowest BCUT2D eigenvalue weighted by Gasteiger charge is -2.36. The number of thioether (sulfide) groups is 1. The highest BCUT2D eigenvalue weighted by Crippen LogP contribution is 2.39. The summed E-state index contributed by atoms with van der Waals surface area (Å²) in [6.07, 6.45) is -2.57. The molecular weight excluding hydrogens is 415 g/mol. The van der Waals surface area contributed by atoms with Crippen LogP contribution in [0.25, 0.3) is 0 Å². The molecule has 0 unspecified atom stereocenters. The molecule has 1 atom stereocenters. The predicted octanol–water partition coefficient (Wildman–Crippen LogP) is 4.32. The summed E-state index contributed by atoms with van der Waals surface area (Å²) in [6.45, 7) is 3.65. The van der Waals surface area contributed by atoms with Gasteiger partial charge in [-0.15, -0.1) is 11.8 Å². The molecule has 160 valence electrons. The Bertz CT molecular complexity index is 960. The van der Waals surface area contributed by atoms with Crippen molar-refractivity contribution in [2.75, 3.05) is 22.6 Å². The van der Waals surface area contributed by atoms with Crippen LogP contribution in [0.2, 0.25) is 0 Å². The third-order valence-corrected chi connectivity index (χ3v) is 6.79. The number of halogens is 3. The van der Waals surface area contributed by atoms with Crippen LogP contribution in [-0.2, 0) is 11.0 Å². The molecule has 30 heavy (non-hydrogen) atoms. The number of nitrogens with zero attached hydrogens (tertiary/aromatic N) is 3. The Hall–Kier alpha value is -2.49. The van der Waals surface area contributed by atoms with Crippen LogP contribution in [-0.4, -0.2) is 40.3 Å². The standard InChI is InChI=1S/C20H22F3N5OS/c1-10-16-17(28(3)11(2)18(29)26-16)27-19(24-10)25-13-8-15(9-13)30-14-6-4-12(5-7-14)20(21,22)23/h4-7,11,13,15H,8-9H2,1-3H3,(H,26,29)(H,24,25,27)/t11-,13-,15-/m0/s1. The van der Waals surface area contributed by atoms with Crippen LogP contribution in [0.1, 0.15) is 31.0 Å². The number of aromatic nitrogens is 2. The minimum absolute atomic E-state index is 0.0838. The van der Waals surface area contributed by atoms with Crippen molar-refractivity contribution in [2.24, 2.45) is 0 Å². The molecule has 1 fully saturated rings. The molecule has 10 heteroatoms. The Balaban J connectivity index is 1.35. The van der Waals surface area contributed by atoms with E-state index < -0.39 is 11.7 Å². The van der Waals surface area contributed by atoms with Gasteiger partial charge >= 0.3 is 6.18 Å². The van der Waals surface area contributed by atoms with Gasteiger partial charge in [0.05, 0.1) is 11.3 Å². The first kappa shape index (κ1) is 20.8. The van der Waals surface area contributed by atoms with Crippen LogP contribution < -0.4 is 15.5 Å². The summed E-state index contributed by atoms with van der Waals surface area (Å²) >= 11 is 1.59. The number of carbonyl (C=O) groups is 1. The van der Waals surface area contributed by atoms with E-state index >= 15 is 0 Å². The van der Waals surface area contributed by atoms with Crippen LogP contribution >= 0.6 is 11.8 Å². The topological polar surface area (TPSA) is 70.1 Å². The lowest BCUT2D eigenvalue weighted by Crippen LogP contribution is -2.45. The Morgan fingerprint density at radius 2 is 1.87 bits per heavy atom. The summed E-state index contributed by atoms with van der Waals surface area (Å²) in [5.41, 5.74) is 0.704. The minimum atomic E-state index is -4.31. The van der Waals surface area contributed by atoms with E-state index in [1.54, 1.807) is 11.8 Å². The molecule has 2 heterocycles. The lowest BCUT2D eigenvalue weighted by molar-refractivity contribution is -0.137. The zero-order chi connectivity index (χ0) is 21.6. The summed E-state index contributed by atoms with van der Waals surface area (Å²) in [4.78, 5) is 23.7. The van der Waals surface area contributed by atoms with Crippen molar-refractivity contribution in [3.63, 3.8) is 0 Å². The van der Waals surface area contributed by atoms with Crippen LogP contribution in [0.5, 0.6) is 0 Å². The highest BCUT2D eigenvalue weighted by molar-refractivity contribution is 8.00. The zero-order valence-electron chi connectivity index (χ0n) is 16.7. The summed E-state index contributed by atoms with van der Waals surface area (Å²) in [7, 11) is 1.83. The second-order valence-electron chi connectivity index (χ2n) is 7.68. The minimum Gasteiger partial charge on any atom is -0.351 e. The van der Waals surface area contributed by atoms with Crippen LogP contribution in [0, 0.1) is 6.92 Å². The van der Waals surface area contributed by atoms with E-state index in [0.29, 0.717) is 28.4 Å². The van der Waals surface area contributed by atoms with Crippen molar-refractivity contribution in [3.05, 3.63) is 35.5 Å². The van der Waals surface area contributed by atoms with Gasteiger partial charge in [-0.3, -0.25) is 4.79 Å². The summed E-state index contributed by atoms with van der Waals surface area (Å²) in [6, 6.07) is 5.18. The second-order valence-corrected chi connectivity index (χ2v) is 9.06. The van der Waals surface area contributed by atoms with E-state index in [1.165, 1.54) is 12.1 Å². The smallest absolute Gasteiger partial charge is 0.351 e. The molecule has 6 nitrogen and oxygen atoms in total. The first-order valence-corrected chi connectivity index (χ1v) is 10.5. The number of aryl methyl sites for hydroxylation is 1. The van der Waals surface area contributed by atoms with Crippen LogP contribution in [0.4, 0.5) is 30.6 Å². The molecule has 0 radical (unpaired) electrons. The highest BCUT2D eigenvalue weighted by atomic mass is 32.2. The number of rotatable bonds is 4. The number of alkyl halides is 3. The van der Waals surface area contributed by atoms with Gasteiger partial charge in [0.15, 0.2) is 5.82 Å². The maximum Gasteiger partial charge on any atom is 0.416 e. The first-order valence-electron chi connectivity index (χ1n) is 9.64. The summed E-state index contributed by atoms with van der Waals surface area (Å²) in [5.74, 6) is 1.12. The van der Waals surface area contributed by atoms with Crippen LogP contribution in [0.3, 0.4) is 0 Å². The number of hydrogen-bond donors (Lipinski definition) is 2. The van der Waals surface area contributed by atoms with E-state index in [9.17, 15) is 18.0 Å². The van der Waals surface area contributed by atoms with Crippen molar-refractivity contribution >= 4 is 35.1 Å². The number of anilines is 3. The lowest BCUT2D eigenvalue weighted by atomic mass is 9.92. The Kier molecular flexibility index (Phi) is 5.29. The monoisotopic (exact) mass is 437 g/mol. The number of fused-ring (bicyclic) bond motifs is 1. The number of likely N-dealkylation sites (N-methyl/N-ethyl adjacent to an activating group) is 1. The van der Waals surface area contributed by atoms with Gasteiger partial charge < -0.3 is 15.5 Å². The number of benzene rings is 1. The van der Waals surface area contributed by atoms with E-state index in [-0.39, 0.29) is 18.0 Å². The number of carbonyl (C=O) groups excluding carboxylic acids is 1. The van der Waals surface area contributed by atoms with E-state index in [4.69, 9.17) is 0 Å². The van der Waals surface area contributed by atoms with Gasteiger partial charge in [-0.25, -0.2) is 4.98 Å². The van der Waals surface area contributed by atoms with Gasteiger partial charge in [0.25, 0.3) is 0 Å². The van der Waals surface area contributed by atoms with Crippen molar-refractivity contribution in [1.29, 1.82) is 0 Å². The van der Waals surface area contributed by atoms with Crippen molar-refractivity contribution in [2.45, 2.75) is 55.1 Å². The second kappa shape index (κ2) is 7.64. The van der Waals surface area contributed by atoms with E-state index in [2.05, 4.69) is 20.6 Å². The Morgan fingerprint density at radius 3 is 2.50 bits per heavy atom. The van der Waals surface area contributed by atoms with Gasteiger partial charge in [-0.2, -0.15) is 18.2 Å². The molecule has 1 aliphatic carbocycles. The van der Waals surface area contributed by atoms with Crippen molar-refractivity contribution < 1.29 is 18.0 Å². The molecule has 2 N–H and O–H groups in total. The normalized spacial score (nSPS) is 23.5. The molecule has 0 saturated heterocycles. The number of hydrogen-bond acceptors (Lipinski definition) is 6. The zero-order valence-corrected chi connectivity index (χ0v) is 17.6. The van der Waals surface area contributed by atoms with Crippen molar-refractivity contribution in [1.82, 2.24) is 9.97 Å². The number of nitrogens with one attached hydrogen (secondary N) is 2. The summed E-state index contributed by atoms with van der Waals surface area (Å²) < 4.78 is 38.0. The molecule has 2 aromatic rings. The predicted molar refractivity (Wildman–Crippen MR) is 111 cm³/mol. The molecule has 1 aromatic carbocycles. The third-order valence-electron chi connectivity index (χ3n) is 5.53. The average molecular weight is 437 g/mol. The maximum atomic E-state index is 12.7. The average Bonchev–Trinajstić information content (AvgIpc) is 2.65. The fourth-order valence-electron chi connectivity index (χ4n) is 3.49. The van der Waals surface area contributed by atoms with Gasteiger partial charge in [-0.1, -0.05) is 0 Å². The third kappa shape index (κ3) is 4.05. The molecular formula is C20H22F3N5OS. The molecule has 0 spiro atoms. The Morgan fingerprint density at radius 1 is 1.20 bits per heavy atom. The van der Waals surface area contributed by atoms with E-state index in [0.717, 1.165) is 29.9 Å².